The Morgan fingerprint density at radius 1 is 1.23 bits per heavy atom. The smallest absolute Gasteiger partial charge is 0.227 e. The number of benzene rings is 1. The molecule has 4 rings (SSSR count). The van der Waals surface area contributed by atoms with Crippen molar-refractivity contribution in [2.75, 3.05) is 36.5 Å². The van der Waals surface area contributed by atoms with Crippen molar-refractivity contribution in [1.82, 2.24) is 9.97 Å². The first-order valence-corrected chi connectivity index (χ1v) is 9.28. The minimum absolute atomic E-state index is 0.275. The number of aryl methyl sites for hydroxylation is 2. The summed E-state index contributed by atoms with van der Waals surface area (Å²) in [5.41, 5.74) is 4.83. The predicted octanol–water partition coefficient (Wildman–Crippen LogP) is 2.39. The van der Waals surface area contributed by atoms with E-state index in [1.54, 1.807) is 0 Å². The first-order valence-electron chi connectivity index (χ1n) is 9.28. The van der Waals surface area contributed by atoms with Crippen molar-refractivity contribution in [3.8, 4) is 0 Å². The number of aromatic nitrogens is 2. The van der Waals surface area contributed by atoms with E-state index >= 15 is 0 Å². The number of aliphatic hydroxyl groups excluding tert-OH is 1. The van der Waals surface area contributed by atoms with E-state index in [0.717, 1.165) is 37.7 Å². The zero-order valence-corrected chi connectivity index (χ0v) is 15.4. The third-order valence-corrected chi connectivity index (χ3v) is 5.19. The fourth-order valence-electron chi connectivity index (χ4n) is 3.46. The average Bonchev–Trinajstić information content (AvgIpc) is 3.14. The van der Waals surface area contributed by atoms with Gasteiger partial charge in [-0.3, -0.25) is 0 Å². The van der Waals surface area contributed by atoms with Crippen LogP contribution in [0.25, 0.3) is 0 Å². The van der Waals surface area contributed by atoms with Gasteiger partial charge in [0.25, 0.3) is 0 Å². The molecule has 0 saturated carbocycles. The second-order valence-electron chi connectivity index (χ2n) is 7.38. The largest absolute Gasteiger partial charge is 0.389 e. The molecule has 2 aliphatic rings. The summed E-state index contributed by atoms with van der Waals surface area (Å²) >= 11 is 0. The molecule has 2 N–H and O–H groups in total. The topological polar surface area (TPSA) is 70.5 Å². The number of aliphatic hydroxyl groups is 1. The van der Waals surface area contributed by atoms with Crippen molar-refractivity contribution in [2.45, 2.75) is 38.8 Å². The molecule has 3 heterocycles. The molecule has 0 radical (unpaired) electrons. The van der Waals surface area contributed by atoms with Gasteiger partial charge in [0, 0.05) is 38.2 Å². The normalized spacial score (nSPS) is 20.3. The SMILES string of the molecule is Cc1ccc(C)c(CNc2cc(C3CCOC3)nc(N3CC(O)C3)n2)c1. The molecular weight excluding hydrogens is 328 g/mol. The summed E-state index contributed by atoms with van der Waals surface area (Å²) in [7, 11) is 0. The van der Waals surface area contributed by atoms with Crippen molar-refractivity contribution in [3.63, 3.8) is 0 Å². The lowest BCUT2D eigenvalue weighted by molar-refractivity contribution is 0.140. The molecule has 6 heteroatoms. The van der Waals surface area contributed by atoms with Gasteiger partial charge in [0.1, 0.15) is 5.82 Å². The Morgan fingerprint density at radius 3 is 2.81 bits per heavy atom. The van der Waals surface area contributed by atoms with Crippen LogP contribution in [0.4, 0.5) is 11.8 Å². The molecule has 0 amide bonds. The molecule has 2 saturated heterocycles. The van der Waals surface area contributed by atoms with Crippen LogP contribution in [0.15, 0.2) is 24.3 Å². The molecule has 2 aliphatic heterocycles. The van der Waals surface area contributed by atoms with Gasteiger partial charge in [0.15, 0.2) is 0 Å². The van der Waals surface area contributed by atoms with Gasteiger partial charge in [-0.25, -0.2) is 4.98 Å². The lowest BCUT2D eigenvalue weighted by Gasteiger charge is -2.36. The summed E-state index contributed by atoms with van der Waals surface area (Å²) in [6.45, 7) is 7.67. The highest BCUT2D eigenvalue weighted by molar-refractivity contribution is 5.47. The highest BCUT2D eigenvalue weighted by atomic mass is 16.5. The Labute approximate surface area is 154 Å². The van der Waals surface area contributed by atoms with Gasteiger partial charge in [0.05, 0.1) is 18.4 Å². The van der Waals surface area contributed by atoms with Crippen LogP contribution < -0.4 is 10.2 Å². The van der Waals surface area contributed by atoms with E-state index in [1.807, 2.05) is 11.0 Å². The standard InChI is InChI=1S/C20H26N4O2/c1-13-3-4-14(2)16(7-13)9-21-19-8-18(15-5-6-26-12-15)22-20(23-19)24-10-17(25)11-24/h3-4,7-8,15,17,25H,5-6,9-12H2,1-2H3,(H,21,22,23). The summed E-state index contributed by atoms with van der Waals surface area (Å²) in [5, 5.41) is 13.1. The maximum atomic E-state index is 9.61. The summed E-state index contributed by atoms with van der Waals surface area (Å²) in [6.07, 6.45) is 0.721. The summed E-state index contributed by atoms with van der Waals surface area (Å²) in [6, 6.07) is 8.54. The highest BCUT2D eigenvalue weighted by Gasteiger charge is 2.28. The van der Waals surface area contributed by atoms with Gasteiger partial charge in [-0.2, -0.15) is 4.98 Å². The van der Waals surface area contributed by atoms with Gasteiger partial charge in [-0.05, 0) is 31.4 Å². The van der Waals surface area contributed by atoms with Crippen LogP contribution in [-0.2, 0) is 11.3 Å². The molecule has 0 bridgehead atoms. The van der Waals surface area contributed by atoms with E-state index in [0.29, 0.717) is 25.0 Å². The predicted molar refractivity (Wildman–Crippen MR) is 102 cm³/mol. The van der Waals surface area contributed by atoms with E-state index in [1.165, 1.54) is 16.7 Å². The number of hydrogen-bond acceptors (Lipinski definition) is 6. The second-order valence-corrected chi connectivity index (χ2v) is 7.38. The molecule has 2 fully saturated rings. The maximum absolute atomic E-state index is 9.61. The van der Waals surface area contributed by atoms with Crippen LogP contribution in [0.1, 0.15) is 34.7 Å². The van der Waals surface area contributed by atoms with E-state index in [9.17, 15) is 5.11 Å². The van der Waals surface area contributed by atoms with Crippen molar-refractivity contribution in [1.29, 1.82) is 0 Å². The van der Waals surface area contributed by atoms with Crippen molar-refractivity contribution < 1.29 is 9.84 Å². The van der Waals surface area contributed by atoms with Crippen molar-refractivity contribution in [2.24, 2.45) is 0 Å². The van der Waals surface area contributed by atoms with Gasteiger partial charge in [-0.15, -0.1) is 0 Å². The molecule has 0 aliphatic carbocycles. The Kier molecular flexibility index (Phi) is 4.78. The van der Waals surface area contributed by atoms with Crippen LogP contribution in [0.5, 0.6) is 0 Å². The first-order chi connectivity index (χ1) is 12.6. The van der Waals surface area contributed by atoms with Gasteiger partial charge in [-0.1, -0.05) is 23.8 Å². The van der Waals surface area contributed by atoms with Gasteiger partial charge in [0.2, 0.25) is 5.95 Å². The highest BCUT2D eigenvalue weighted by Crippen LogP contribution is 2.28. The quantitative estimate of drug-likeness (QED) is 0.859. The van der Waals surface area contributed by atoms with Crippen molar-refractivity contribution >= 4 is 11.8 Å². The minimum atomic E-state index is -0.275. The molecule has 2 aromatic rings. The Morgan fingerprint density at radius 2 is 2.08 bits per heavy atom. The third-order valence-electron chi connectivity index (χ3n) is 5.19. The Balaban J connectivity index is 1.56. The molecule has 6 nitrogen and oxygen atoms in total. The average molecular weight is 354 g/mol. The maximum Gasteiger partial charge on any atom is 0.227 e. The summed E-state index contributed by atoms with van der Waals surface area (Å²) in [5.74, 6) is 1.85. The molecular formula is C20H26N4O2. The summed E-state index contributed by atoms with van der Waals surface area (Å²) < 4.78 is 5.53. The van der Waals surface area contributed by atoms with Crippen LogP contribution in [0, 0.1) is 13.8 Å². The number of β-amino-alcohol motifs (C(OH)–C–C–N with tert-alkyl or cyclic N) is 1. The molecule has 26 heavy (non-hydrogen) atoms. The van der Waals surface area contributed by atoms with Crippen LogP contribution in [0.3, 0.4) is 0 Å². The van der Waals surface area contributed by atoms with Crippen LogP contribution in [0.2, 0.25) is 0 Å². The number of hydrogen-bond donors (Lipinski definition) is 2. The number of ether oxygens (including phenoxy) is 1. The van der Waals surface area contributed by atoms with E-state index in [2.05, 4.69) is 42.3 Å². The summed E-state index contributed by atoms with van der Waals surface area (Å²) in [4.78, 5) is 11.4. The zero-order valence-electron chi connectivity index (χ0n) is 15.4. The third kappa shape index (κ3) is 3.66. The number of rotatable bonds is 5. The Bertz CT molecular complexity index is 783. The van der Waals surface area contributed by atoms with E-state index in [-0.39, 0.29) is 6.10 Å². The zero-order chi connectivity index (χ0) is 18.1. The Hall–Kier alpha value is -2.18. The first kappa shape index (κ1) is 17.2. The molecule has 1 atom stereocenters. The molecule has 1 aromatic carbocycles. The monoisotopic (exact) mass is 354 g/mol. The second kappa shape index (κ2) is 7.21. The van der Waals surface area contributed by atoms with Crippen LogP contribution >= 0.6 is 0 Å². The number of anilines is 2. The molecule has 1 unspecified atom stereocenters. The lowest BCUT2D eigenvalue weighted by atomic mass is 10.0. The number of nitrogens with zero attached hydrogens (tertiary/aromatic N) is 3. The molecule has 0 spiro atoms. The van der Waals surface area contributed by atoms with Gasteiger partial charge >= 0.3 is 0 Å². The molecule has 1 aromatic heterocycles. The van der Waals surface area contributed by atoms with Crippen LogP contribution in [-0.4, -0.2) is 47.5 Å². The minimum Gasteiger partial charge on any atom is -0.389 e. The molecule has 138 valence electrons. The van der Waals surface area contributed by atoms with E-state index < -0.39 is 0 Å². The van der Waals surface area contributed by atoms with Crippen molar-refractivity contribution in [3.05, 3.63) is 46.6 Å². The van der Waals surface area contributed by atoms with E-state index in [4.69, 9.17) is 9.72 Å². The number of nitrogens with one attached hydrogen (secondary N) is 1. The lowest BCUT2D eigenvalue weighted by Crippen LogP contribution is -2.51. The fourth-order valence-corrected chi connectivity index (χ4v) is 3.46. The van der Waals surface area contributed by atoms with Gasteiger partial charge < -0.3 is 20.1 Å². The fraction of sp³-hybridized carbons (Fsp3) is 0.500.